The molecule has 0 amide bonds. The van der Waals surface area contributed by atoms with Gasteiger partial charge in [0.1, 0.15) is 17.5 Å². The highest BCUT2D eigenvalue weighted by Gasteiger charge is 2.27. The number of aryl methyl sites for hydroxylation is 1. The number of nitrogens with one attached hydrogen (secondary N) is 1. The molecule has 0 aliphatic heterocycles. The highest BCUT2D eigenvalue weighted by Crippen LogP contribution is 2.32. The Morgan fingerprint density at radius 2 is 2.05 bits per heavy atom. The summed E-state index contributed by atoms with van der Waals surface area (Å²) in [5.74, 6) is 2.80. The summed E-state index contributed by atoms with van der Waals surface area (Å²) in [6.45, 7) is 8.22. The van der Waals surface area contributed by atoms with Crippen LogP contribution in [0.1, 0.15) is 50.4 Å². The average molecular weight is 292 g/mol. The number of aliphatic hydroxyl groups excluding tert-OH is 1. The molecule has 0 spiro atoms. The van der Waals surface area contributed by atoms with Crippen molar-refractivity contribution in [2.24, 2.45) is 0 Å². The molecular formula is C16H28N4O. The van der Waals surface area contributed by atoms with Crippen molar-refractivity contribution in [3.8, 4) is 0 Å². The van der Waals surface area contributed by atoms with Gasteiger partial charge < -0.3 is 15.3 Å². The highest BCUT2D eigenvalue weighted by molar-refractivity contribution is 5.59. The van der Waals surface area contributed by atoms with Gasteiger partial charge in [0, 0.05) is 31.3 Å². The largest absolute Gasteiger partial charge is 0.396 e. The lowest BCUT2D eigenvalue weighted by atomic mass is 9.91. The quantitative estimate of drug-likeness (QED) is 0.771. The number of aromatic nitrogens is 2. The number of nitrogens with zero attached hydrogens (tertiary/aromatic N) is 3. The molecular weight excluding hydrogens is 264 g/mol. The molecule has 1 fully saturated rings. The van der Waals surface area contributed by atoms with Crippen LogP contribution in [0.4, 0.5) is 11.6 Å². The molecule has 0 unspecified atom stereocenters. The van der Waals surface area contributed by atoms with Crippen LogP contribution >= 0.6 is 0 Å². The molecule has 0 radical (unpaired) electrons. The van der Waals surface area contributed by atoms with E-state index >= 15 is 0 Å². The lowest BCUT2D eigenvalue weighted by Crippen LogP contribution is -2.42. The zero-order valence-corrected chi connectivity index (χ0v) is 13.5. The van der Waals surface area contributed by atoms with E-state index in [-0.39, 0.29) is 6.61 Å². The number of rotatable bonds is 8. The van der Waals surface area contributed by atoms with Crippen LogP contribution in [0.25, 0.3) is 0 Å². The fraction of sp³-hybridized carbons (Fsp3) is 0.750. The molecule has 21 heavy (non-hydrogen) atoms. The van der Waals surface area contributed by atoms with Gasteiger partial charge in [-0.05, 0) is 46.0 Å². The standard InChI is InChI=1S/C16H28N4O/c1-4-9-17-15-12(2)16(19-13(3)18-15)20(10-6-11-21)14-7-5-8-14/h14,21H,4-11H2,1-3H3,(H,17,18,19). The summed E-state index contributed by atoms with van der Waals surface area (Å²) in [5, 5.41) is 12.6. The Labute approximate surface area is 127 Å². The van der Waals surface area contributed by atoms with Crippen molar-refractivity contribution in [2.75, 3.05) is 29.9 Å². The Bertz CT molecular complexity index is 460. The molecule has 1 aliphatic carbocycles. The van der Waals surface area contributed by atoms with Gasteiger partial charge in [-0.2, -0.15) is 0 Å². The SMILES string of the molecule is CCCNc1nc(C)nc(N(CCCO)C2CCC2)c1C. The van der Waals surface area contributed by atoms with E-state index in [2.05, 4.69) is 29.0 Å². The molecule has 0 bridgehead atoms. The molecule has 1 heterocycles. The fourth-order valence-electron chi connectivity index (χ4n) is 2.71. The summed E-state index contributed by atoms with van der Waals surface area (Å²) in [7, 11) is 0. The fourth-order valence-corrected chi connectivity index (χ4v) is 2.71. The van der Waals surface area contributed by atoms with Crippen molar-refractivity contribution in [3.63, 3.8) is 0 Å². The smallest absolute Gasteiger partial charge is 0.137 e. The third-order valence-corrected chi connectivity index (χ3v) is 4.12. The normalized spacial score (nSPS) is 14.9. The van der Waals surface area contributed by atoms with Crippen LogP contribution in [-0.2, 0) is 0 Å². The summed E-state index contributed by atoms with van der Waals surface area (Å²) in [4.78, 5) is 11.6. The topological polar surface area (TPSA) is 61.3 Å². The van der Waals surface area contributed by atoms with Gasteiger partial charge in [0.15, 0.2) is 0 Å². The second-order valence-corrected chi connectivity index (χ2v) is 5.85. The molecule has 1 aromatic rings. The van der Waals surface area contributed by atoms with Crippen LogP contribution < -0.4 is 10.2 Å². The Kier molecular flexibility index (Phi) is 5.79. The molecule has 2 N–H and O–H groups in total. The van der Waals surface area contributed by atoms with Crippen molar-refractivity contribution >= 4 is 11.6 Å². The Hall–Kier alpha value is -1.36. The molecule has 1 aliphatic rings. The highest BCUT2D eigenvalue weighted by atomic mass is 16.3. The van der Waals surface area contributed by atoms with Crippen LogP contribution in [0.15, 0.2) is 0 Å². The third kappa shape index (κ3) is 3.84. The average Bonchev–Trinajstić information content (AvgIpc) is 2.42. The summed E-state index contributed by atoms with van der Waals surface area (Å²) in [6.07, 6.45) is 5.62. The molecule has 1 aromatic heterocycles. The van der Waals surface area contributed by atoms with E-state index in [1.54, 1.807) is 0 Å². The van der Waals surface area contributed by atoms with Gasteiger partial charge in [-0.15, -0.1) is 0 Å². The molecule has 2 rings (SSSR count). The molecule has 5 heteroatoms. The van der Waals surface area contributed by atoms with Gasteiger partial charge >= 0.3 is 0 Å². The van der Waals surface area contributed by atoms with E-state index in [0.717, 1.165) is 49.0 Å². The van der Waals surface area contributed by atoms with Crippen LogP contribution in [-0.4, -0.2) is 40.8 Å². The van der Waals surface area contributed by atoms with Gasteiger partial charge in [-0.1, -0.05) is 6.92 Å². The third-order valence-electron chi connectivity index (χ3n) is 4.12. The van der Waals surface area contributed by atoms with Crippen molar-refractivity contribution < 1.29 is 5.11 Å². The van der Waals surface area contributed by atoms with Crippen LogP contribution in [0, 0.1) is 13.8 Å². The number of aliphatic hydroxyl groups is 1. The molecule has 0 atom stereocenters. The zero-order valence-electron chi connectivity index (χ0n) is 13.5. The summed E-state index contributed by atoms with van der Waals surface area (Å²) in [6, 6.07) is 0.573. The van der Waals surface area contributed by atoms with E-state index in [9.17, 15) is 0 Å². The van der Waals surface area contributed by atoms with Gasteiger partial charge in [0.25, 0.3) is 0 Å². The first-order valence-electron chi connectivity index (χ1n) is 8.14. The molecule has 1 saturated carbocycles. The van der Waals surface area contributed by atoms with Crippen LogP contribution in [0.2, 0.25) is 0 Å². The monoisotopic (exact) mass is 292 g/mol. The maximum Gasteiger partial charge on any atom is 0.137 e. The first-order chi connectivity index (χ1) is 10.2. The summed E-state index contributed by atoms with van der Waals surface area (Å²) < 4.78 is 0. The van der Waals surface area contributed by atoms with Crippen LogP contribution in [0.3, 0.4) is 0 Å². The molecule has 118 valence electrons. The number of anilines is 2. The van der Waals surface area contributed by atoms with Crippen molar-refractivity contribution in [1.29, 1.82) is 0 Å². The Morgan fingerprint density at radius 1 is 1.29 bits per heavy atom. The van der Waals surface area contributed by atoms with E-state index in [1.165, 1.54) is 19.3 Å². The molecule has 5 nitrogen and oxygen atoms in total. The number of hydrogen-bond acceptors (Lipinski definition) is 5. The van der Waals surface area contributed by atoms with E-state index in [4.69, 9.17) is 10.1 Å². The predicted octanol–water partition coefficient (Wildman–Crippen LogP) is 2.66. The Balaban J connectivity index is 2.27. The second-order valence-electron chi connectivity index (χ2n) is 5.85. The minimum Gasteiger partial charge on any atom is -0.396 e. The first kappa shape index (κ1) is 16.0. The van der Waals surface area contributed by atoms with Gasteiger partial charge in [-0.3, -0.25) is 0 Å². The molecule has 0 saturated heterocycles. The minimum atomic E-state index is 0.229. The maximum absolute atomic E-state index is 9.16. The maximum atomic E-state index is 9.16. The lowest BCUT2D eigenvalue weighted by Gasteiger charge is -2.39. The summed E-state index contributed by atoms with van der Waals surface area (Å²) in [5.41, 5.74) is 1.12. The number of hydrogen-bond donors (Lipinski definition) is 2. The van der Waals surface area contributed by atoms with Crippen molar-refractivity contribution in [2.45, 2.75) is 58.9 Å². The summed E-state index contributed by atoms with van der Waals surface area (Å²) >= 11 is 0. The van der Waals surface area contributed by atoms with Crippen molar-refractivity contribution in [1.82, 2.24) is 9.97 Å². The van der Waals surface area contributed by atoms with E-state index in [0.29, 0.717) is 6.04 Å². The predicted molar refractivity (Wildman–Crippen MR) is 87.0 cm³/mol. The van der Waals surface area contributed by atoms with Gasteiger partial charge in [-0.25, -0.2) is 9.97 Å². The minimum absolute atomic E-state index is 0.229. The lowest BCUT2D eigenvalue weighted by molar-refractivity contribution is 0.282. The van der Waals surface area contributed by atoms with Crippen molar-refractivity contribution in [3.05, 3.63) is 11.4 Å². The van der Waals surface area contributed by atoms with E-state index < -0.39 is 0 Å². The first-order valence-corrected chi connectivity index (χ1v) is 8.14. The second kappa shape index (κ2) is 7.59. The van der Waals surface area contributed by atoms with Gasteiger partial charge in [0.05, 0.1) is 0 Å². The van der Waals surface area contributed by atoms with Crippen LogP contribution in [0.5, 0.6) is 0 Å². The van der Waals surface area contributed by atoms with E-state index in [1.807, 2.05) is 6.92 Å². The zero-order chi connectivity index (χ0) is 15.2. The molecule has 0 aromatic carbocycles. The Morgan fingerprint density at radius 3 is 2.62 bits per heavy atom. The van der Waals surface area contributed by atoms with Gasteiger partial charge in [0.2, 0.25) is 0 Å².